The molecule has 0 aliphatic heterocycles. The van der Waals surface area contributed by atoms with Crippen molar-refractivity contribution in [1.29, 1.82) is 0 Å². The molecule has 0 radical (unpaired) electrons. The van der Waals surface area contributed by atoms with Gasteiger partial charge < -0.3 is 14.5 Å². The zero-order chi connectivity index (χ0) is 19.5. The quantitative estimate of drug-likeness (QED) is 0.672. The Balaban J connectivity index is 1.35. The number of halogens is 1. The lowest BCUT2D eigenvalue weighted by Gasteiger charge is -2.29. The van der Waals surface area contributed by atoms with E-state index in [2.05, 4.69) is 10.3 Å². The maximum atomic E-state index is 12.6. The van der Waals surface area contributed by atoms with Crippen molar-refractivity contribution < 1.29 is 13.9 Å². The highest BCUT2D eigenvalue weighted by Gasteiger charge is 2.25. The van der Waals surface area contributed by atoms with E-state index in [4.69, 9.17) is 20.8 Å². The summed E-state index contributed by atoms with van der Waals surface area (Å²) in [5, 5.41) is 4.23. The van der Waals surface area contributed by atoms with E-state index in [0.717, 1.165) is 31.1 Å². The van der Waals surface area contributed by atoms with Crippen molar-refractivity contribution >= 4 is 28.5 Å². The summed E-state index contributed by atoms with van der Waals surface area (Å²) in [4.78, 5) is 28.8. The number of para-hydroxylation sites is 1. The van der Waals surface area contributed by atoms with E-state index >= 15 is 0 Å². The van der Waals surface area contributed by atoms with E-state index in [-0.39, 0.29) is 17.7 Å². The van der Waals surface area contributed by atoms with Crippen LogP contribution in [0.5, 0.6) is 5.88 Å². The highest BCUT2D eigenvalue weighted by molar-refractivity contribution is 6.30. The van der Waals surface area contributed by atoms with E-state index in [1.54, 1.807) is 36.5 Å². The first-order chi connectivity index (χ1) is 13.6. The summed E-state index contributed by atoms with van der Waals surface area (Å²) in [6, 6.07) is 12.2. The first-order valence-corrected chi connectivity index (χ1v) is 9.58. The molecule has 1 aliphatic carbocycles. The molecular formula is C21H19ClN2O4. The van der Waals surface area contributed by atoms with Crippen LogP contribution in [0.3, 0.4) is 0 Å². The predicted octanol–water partition coefficient (Wildman–Crippen LogP) is 3.96. The third-order valence-electron chi connectivity index (χ3n) is 4.88. The fourth-order valence-corrected chi connectivity index (χ4v) is 3.52. The molecule has 0 unspecified atom stereocenters. The van der Waals surface area contributed by atoms with Gasteiger partial charge in [-0.15, -0.1) is 0 Å². The normalized spacial score (nSPS) is 19.3. The van der Waals surface area contributed by atoms with Crippen LogP contribution in [-0.2, 0) is 0 Å². The van der Waals surface area contributed by atoms with Crippen LogP contribution in [0.4, 0.5) is 0 Å². The number of rotatable bonds is 4. The molecule has 2 aromatic heterocycles. The first kappa shape index (κ1) is 18.5. The standard InChI is InChI=1S/C21H19ClN2O4/c22-14-5-10-19(23-12-14)27-16-8-6-15(7-9-16)24-20(25)17-11-13-3-1-2-4-18(13)28-21(17)26/h1-5,10-12,15-16H,6-9H2,(H,24,25). The van der Waals surface area contributed by atoms with E-state index in [1.165, 1.54) is 0 Å². The molecule has 1 fully saturated rings. The number of fused-ring (bicyclic) bond motifs is 1. The maximum absolute atomic E-state index is 12.6. The van der Waals surface area contributed by atoms with Gasteiger partial charge in [0.15, 0.2) is 0 Å². The van der Waals surface area contributed by atoms with E-state index in [0.29, 0.717) is 16.5 Å². The Hall–Kier alpha value is -2.86. The van der Waals surface area contributed by atoms with E-state index in [9.17, 15) is 9.59 Å². The Kier molecular flexibility index (Phi) is 5.30. The molecule has 0 atom stereocenters. The van der Waals surface area contributed by atoms with E-state index < -0.39 is 11.5 Å². The summed E-state index contributed by atoms with van der Waals surface area (Å²) >= 11 is 5.83. The Labute approximate surface area is 166 Å². The van der Waals surface area contributed by atoms with Crippen LogP contribution in [0.15, 0.2) is 57.9 Å². The molecule has 0 bridgehead atoms. The molecule has 1 N–H and O–H groups in total. The number of amides is 1. The Bertz CT molecular complexity index is 1040. The van der Waals surface area contributed by atoms with Gasteiger partial charge in [-0.1, -0.05) is 29.8 Å². The summed E-state index contributed by atoms with van der Waals surface area (Å²) in [6.07, 6.45) is 4.72. The maximum Gasteiger partial charge on any atom is 0.349 e. The summed E-state index contributed by atoms with van der Waals surface area (Å²) in [5.74, 6) is 0.147. The fraction of sp³-hybridized carbons (Fsp3) is 0.286. The highest BCUT2D eigenvalue weighted by Crippen LogP contribution is 2.24. The fourth-order valence-electron chi connectivity index (χ4n) is 3.41. The van der Waals surface area contributed by atoms with Crippen molar-refractivity contribution in [2.75, 3.05) is 0 Å². The van der Waals surface area contributed by atoms with Crippen LogP contribution >= 0.6 is 11.6 Å². The Morgan fingerprint density at radius 1 is 1.14 bits per heavy atom. The van der Waals surface area contributed by atoms with Gasteiger partial charge in [0.1, 0.15) is 17.3 Å². The number of aromatic nitrogens is 1. The average Bonchev–Trinajstić information content (AvgIpc) is 2.70. The summed E-state index contributed by atoms with van der Waals surface area (Å²) in [6.45, 7) is 0. The molecule has 1 aromatic carbocycles. The van der Waals surface area contributed by atoms with Crippen molar-refractivity contribution in [2.45, 2.75) is 37.8 Å². The molecule has 4 rings (SSSR count). The average molecular weight is 399 g/mol. The molecule has 0 spiro atoms. The predicted molar refractivity (Wildman–Crippen MR) is 106 cm³/mol. The highest BCUT2D eigenvalue weighted by atomic mass is 35.5. The zero-order valence-corrected chi connectivity index (χ0v) is 15.8. The van der Waals surface area contributed by atoms with Crippen LogP contribution in [0.2, 0.25) is 5.02 Å². The number of nitrogens with one attached hydrogen (secondary N) is 1. The van der Waals surface area contributed by atoms with Gasteiger partial charge in [-0.25, -0.2) is 9.78 Å². The molecule has 6 nitrogen and oxygen atoms in total. The first-order valence-electron chi connectivity index (χ1n) is 9.20. The van der Waals surface area contributed by atoms with Gasteiger partial charge in [0.2, 0.25) is 5.88 Å². The number of benzene rings is 1. The van der Waals surface area contributed by atoms with Crippen LogP contribution in [0.1, 0.15) is 36.0 Å². The van der Waals surface area contributed by atoms with Crippen LogP contribution in [-0.4, -0.2) is 23.0 Å². The van der Waals surface area contributed by atoms with Gasteiger partial charge in [-0.2, -0.15) is 0 Å². The molecule has 1 amide bonds. The summed E-state index contributed by atoms with van der Waals surface area (Å²) in [5.41, 5.74) is -0.123. The number of hydrogen-bond acceptors (Lipinski definition) is 5. The zero-order valence-electron chi connectivity index (χ0n) is 15.1. The molecule has 144 valence electrons. The molecular weight excluding hydrogens is 380 g/mol. The second-order valence-electron chi connectivity index (χ2n) is 6.86. The minimum Gasteiger partial charge on any atom is -0.474 e. The minimum absolute atomic E-state index is 0.00334. The smallest absolute Gasteiger partial charge is 0.349 e. The number of nitrogens with zero attached hydrogens (tertiary/aromatic N) is 1. The molecule has 7 heteroatoms. The Morgan fingerprint density at radius 3 is 2.68 bits per heavy atom. The number of ether oxygens (including phenoxy) is 1. The topological polar surface area (TPSA) is 81.4 Å². The third-order valence-corrected chi connectivity index (χ3v) is 5.11. The minimum atomic E-state index is -0.623. The molecule has 2 heterocycles. The van der Waals surface area contributed by atoms with E-state index in [1.807, 2.05) is 12.1 Å². The SMILES string of the molecule is O=C(NC1CCC(Oc2ccc(Cl)cn2)CC1)c1cc2ccccc2oc1=O. The molecule has 1 aliphatic rings. The lowest BCUT2D eigenvalue weighted by atomic mass is 9.92. The summed E-state index contributed by atoms with van der Waals surface area (Å²) in [7, 11) is 0. The van der Waals surface area contributed by atoms with Gasteiger partial charge in [0, 0.05) is 23.7 Å². The van der Waals surface area contributed by atoms with Crippen LogP contribution in [0.25, 0.3) is 11.0 Å². The number of pyridine rings is 1. The van der Waals surface area contributed by atoms with Crippen molar-refractivity contribution in [1.82, 2.24) is 10.3 Å². The molecule has 1 saturated carbocycles. The molecule has 0 saturated heterocycles. The lowest BCUT2D eigenvalue weighted by molar-refractivity contribution is 0.0887. The van der Waals surface area contributed by atoms with Crippen LogP contribution in [0, 0.1) is 0 Å². The summed E-state index contributed by atoms with van der Waals surface area (Å²) < 4.78 is 11.1. The Morgan fingerprint density at radius 2 is 1.93 bits per heavy atom. The van der Waals surface area contributed by atoms with Crippen molar-refractivity contribution in [3.8, 4) is 5.88 Å². The third kappa shape index (κ3) is 4.17. The van der Waals surface area contributed by atoms with Gasteiger partial charge in [-0.3, -0.25) is 4.79 Å². The van der Waals surface area contributed by atoms with Crippen LogP contribution < -0.4 is 15.7 Å². The van der Waals surface area contributed by atoms with Gasteiger partial charge in [0.25, 0.3) is 5.91 Å². The second kappa shape index (κ2) is 8.02. The van der Waals surface area contributed by atoms with Gasteiger partial charge in [0.05, 0.1) is 5.02 Å². The number of hydrogen-bond donors (Lipinski definition) is 1. The van der Waals surface area contributed by atoms with Crippen molar-refractivity contribution in [3.05, 3.63) is 69.7 Å². The lowest BCUT2D eigenvalue weighted by Crippen LogP contribution is -2.41. The molecule has 3 aromatic rings. The molecule has 28 heavy (non-hydrogen) atoms. The van der Waals surface area contributed by atoms with Gasteiger partial charge in [-0.05, 0) is 43.9 Å². The number of carbonyl (C=O) groups is 1. The van der Waals surface area contributed by atoms with Gasteiger partial charge >= 0.3 is 5.63 Å². The largest absolute Gasteiger partial charge is 0.474 e. The van der Waals surface area contributed by atoms with Crippen molar-refractivity contribution in [3.63, 3.8) is 0 Å². The number of carbonyl (C=O) groups excluding carboxylic acids is 1. The second-order valence-corrected chi connectivity index (χ2v) is 7.30. The monoisotopic (exact) mass is 398 g/mol. The van der Waals surface area contributed by atoms with Crippen molar-refractivity contribution in [2.24, 2.45) is 0 Å².